The lowest BCUT2D eigenvalue weighted by Crippen LogP contribution is -2.22. The Morgan fingerprint density at radius 3 is 3.18 bits per heavy atom. The van der Waals surface area contributed by atoms with E-state index in [4.69, 9.17) is 16.7 Å². The summed E-state index contributed by atoms with van der Waals surface area (Å²) in [6.07, 6.45) is 1.47. The number of nitrogens with one attached hydrogen (secondary N) is 1. The average Bonchev–Trinajstić information content (AvgIpc) is 2.94. The summed E-state index contributed by atoms with van der Waals surface area (Å²) in [5.41, 5.74) is 1.35. The third kappa shape index (κ3) is 1.73. The lowest BCUT2D eigenvalue weighted by molar-refractivity contribution is 0.409. The molecule has 0 saturated carbocycles. The van der Waals surface area contributed by atoms with Gasteiger partial charge in [0, 0.05) is 6.07 Å². The van der Waals surface area contributed by atoms with Crippen molar-refractivity contribution in [2.45, 2.75) is 6.54 Å². The van der Waals surface area contributed by atoms with Crippen LogP contribution in [0.2, 0.25) is 0 Å². The van der Waals surface area contributed by atoms with Crippen LogP contribution in [0.15, 0.2) is 33.1 Å². The molecule has 3 rings (SSSR count). The van der Waals surface area contributed by atoms with Crippen molar-refractivity contribution in [3.63, 3.8) is 0 Å². The molecule has 1 N–H and O–H groups in total. The third-order valence-corrected chi connectivity index (χ3v) is 3.63. The molecule has 0 bridgehead atoms. The van der Waals surface area contributed by atoms with E-state index in [1.165, 1.54) is 22.2 Å². The summed E-state index contributed by atoms with van der Waals surface area (Å²) >= 11 is 6.55. The van der Waals surface area contributed by atoms with Gasteiger partial charge in [-0.15, -0.1) is 11.3 Å². The van der Waals surface area contributed by atoms with Crippen LogP contribution in [0.25, 0.3) is 10.2 Å². The van der Waals surface area contributed by atoms with Crippen molar-refractivity contribution in [3.05, 3.63) is 44.6 Å². The van der Waals surface area contributed by atoms with E-state index in [2.05, 4.69) is 10.1 Å². The molecule has 0 spiro atoms. The first kappa shape index (κ1) is 10.4. The zero-order chi connectivity index (χ0) is 11.8. The van der Waals surface area contributed by atoms with Gasteiger partial charge in [-0.3, -0.25) is 9.36 Å². The number of H-pyrrole nitrogens is 1. The highest BCUT2D eigenvalue weighted by atomic mass is 32.1. The highest BCUT2D eigenvalue weighted by molar-refractivity contribution is 7.71. The topological polar surface area (TPSA) is 63.8 Å². The van der Waals surface area contributed by atoms with Crippen LogP contribution < -0.4 is 5.56 Å². The fraction of sp³-hybridized carbons (Fsp3) is 0.100. The summed E-state index contributed by atoms with van der Waals surface area (Å²) < 4.78 is 7.27. The number of hydrogen-bond acceptors (Lipinski definition) is 5. The van der Waals surface area contributed by atoms with Crippen molar-refractivity contribution in [2.75, 3.05) is 0 Å². The molecule has 7 heteroatoms. The molecule has 0 atom stereocenters. The average molecular weight is 265 g/mol. The van der Waals surface area contributed by atoms with Gasteiger partial charge in [0.05, 0.1) is 12.1 Å². The molecule has 0 aromatic carbocycles. The highest BCUT2D eigenvalue weighted by Crippen LogP contribution is 2.14. The van der Waals surface area contributed by atoms with Crippen LogP contribution in [-0.2, 0) is 6.54 Å². The lowest BCUT2D eigenvalue weighted by Gasteiger charge is -2.03. The fourth-order valence-electron chi connectivity index (χ4n) is 1.60. The molecule has 3 aromatic rings. The van der Waals surface area contributed by atoms with Gasteiger partial charge in [-0.2, -0.15) is 0 Å². The Hall–Kier alpha value is -1.73. The maximum absolute atomic E-state index is 12.2. The molecular weight excluding hydrogens is 258 g/mol. The second-order valence-electron chi connectivity index (χ2n) is 3.48. The van der Waals surface area contributed by atoms with Crippen molar-refractivity contribution in [2.24, 2.45) is 0 Å². The first-order valence-electron chi connectivity index (χ1n) is 4.85. The maximum atomic E-state index is 12.2. The molecule has 5 nitrogen and oxygen atoms in total. The van der Waals surface area contributed by atoms with Gasteiger partial charge >= 0.3 is 0 Å². The van der Waals surface area contributed by atoms with Crippen LogP contribution in [0.5, 0.6) is 0 Å². The standard InChI is InChI=1S/C10H7N3O2S2/c14-9-8-7(2-4-17-8)11-10(16)13(9)5-6-1-3-15-12-6/h1-4H,5H2,(H,11,16). The Morgan fingerprint density at radius 2 is 2.41 bits per heavy atom. The van der Waals surface area contributed by atoms with Crippen molar-refractivity contribution in [1.29, 1.82) is 0 Å². The number of hydrogen-bond donors (Lipinski definition) is 1. The molecule has 0 aliphatic carbocycles. The molecule has 0 fully saturated rings. The fourth-order valence-corrected chi connectivity index (χ4v) is 2.65. The van der Waals surface area contributed by atoms with Gasteiger partial charge in [0.2, 0.25) is 0 Å². The zero-order valence-corrected chi connectivity index (χ0v) is 10.2. The molecular formula is C10H7N3O2S2. The van der Waals surface area contributed by atoms with Crippen LogP contribution >= 0.6 is 23.6 Å². The van der Waals surface area contributed by atoms with Gasteiger partial charge in [-0.25, -0.2) is 0 Å². The van der Waals surface area contributed by atoms with Gasteiger partial charge in [-0.05, 0) is 23.7 Å². The Bertz CT molecular complexity index is 767. The number of aromatic amines is 1. The molecule has 86 valence electrons. The Balaban J connectivity index is 2.22. The second-order valence-corrected chi connectivity index (χ2v) is 4.78. The predicted molar refractivity (Wildman–Crippen MR) is 66.9 cm³/mol. The Kier molecular flexibility index (Phi) is 2.41. The number of aromatic nitrogens is 3. The molecule has 17 heavy (non-hydrogen) atoms. The SMILES string of the molecule is O=c1c2sccc2[nH]c(=S)n1Cc1ccon1. The summed E-state index contributed by atoms with van der Waals surface area (Å²) in [4.78, 5) is 15.2. The van der Waals surface area contributed by atoms with Gasteiger partial charge < -0.3 is 9.51 Å². The van der Waals surface area contributed by atoms with Gasteiger partial charge in [0.1, 0.15) is 16.7 Å². The minimum Gasteiger partial charge on any atom is -0.364 e. The number of fused-ring (bicyclic) bond motifs is 1. The summed E-state index contributed by atoms with van der Waals surface area (Å²) in [6.45, 7) is 0.318. The van der Waals surface area contributed by atoms with Gasteiger partial charge in [-0.1, -0.05) is 5.16 Å². The van der Waals surface area contributed by atoms with E-state index in [0.29, 0.717) is 21.7 Å². The van der Waals surface area contributed by atoms with E-state index < -0.39 is 0 Å². The van der Waals surface area contributed by atoms with Crippen molar-refractivity contribution in [3.8, 4) is 0 Å². The van der Waals surface area contributed by atoms with E-state index in [9.17, 15) is 4.79 Å². The van der Waals surface area contributed by atoms with E-state index in [1.807, 2.05) is 11.4 Å². The van der Waals surface area contributed by atoms with Crippen LogP contribution in [0.1, 0.15) is 5.69 Å². The van der Waals surface area contributed by atoms with Crippen molar-refractivity contribution >= 4 is 33.8 Å². The molecule has 3 aromatic heterocycles. The monoisotopic (exact) mass is 265 g/mol. The lowest BCUT2D eigenvalue weighted by atomic mass is 10.4. The molecule has 0 saturated heterocycles. The quantitative estimate of drug-likeness (QED) is 0.721. The first-order chi connectivity index (χ1) is 8.25. The van der Waals surface area contributed by atoms with Crippen molar-refractivity contribution < 1.29 is 4.52 Å². The number of nitrogens with zero attached hydrogens (tertiary/aromatic N) is 2. The summed E-state index contributed by atoms with van der Waals surface area (Å²) in [6, 6.07) is 3.55. The normalized spacial score (nSPS) is 11.1. The minimum absolute atomic E-state index is 0.0956. The smallest absolute Gasteiger partial charge is 0.272 e. The summed E-state index contributed by atoms with van der Waals surface area (Å²) in [5.74, 6) is 0. The van der Waals surface area contributed by atoms with Crippen LogP contribution in [0.4, 0.5) is 0 Å². The number of rotatable bonds is 2. The molecule has 0 radical (unpaired) electrons. The van der Waals surface area contributed by atoms with Crippen LogP contribution in [0, 0.1) is 4.77 Å². The highest BCUT2D eigenvalue weighted by Gasteiger charge is 2.08. The van der Waals surface area contributed by atoms with Crippen molar-refractivity contribution in [1.82, 2.24) is 14.7 Å². The molecule has 0 amide bonds. The van der Waals surface area contributed by atoms with E-state index in [0.717, 1.165) is 5.52 Å². The Labute approximate surface area is 104 Å². The second kappa shape index (κ2) is 3.94. The van der Waals surface area contributed by atoms with Crippen LogP contribution in [0.3, 0.4) is 0 Å². The molecule has 0 aliphatic heterocycles. The van der Waals surface area contributed by atoms with Gasteiger partial charge in [0.25, 0.3) is 5.56 Å². The minimum atomic E-state index is -0.0956. The molecule has 3 heterocycles. The zero-order valence-electron chi connectivity index (χ0n) is 8.54. The van der Waals surface area contributed by atoms with Gasteiger partial charge in [0.15, 0.2) is 4.77 Å². The summed E-state index contributed by atoms with van der Waals surface area (Å²) in [5, 5.41) is 5.63. The van der Waals surface area contributed by atoms with Crippen LogP contribution in [-0.4, -0.2) is 14.7 Å². The Morgan fingerprint density at radius 1 is 1.53 bits per heavy atom. The largest absolute Gasteiger partial charge is 0.364 e. The molecule has 0 aliphatic rings. The van der Waals surface area contributed by atoms with E-state index in [1.54, 1.807) is 6.07 Å². The maximum Gasteiger partial charge on any atom is 0.272 e. The molecule has 0 unspecified atom stereocenters. The van der Waals surface area contributed by atoms with E-state index in [-0.39, 0.29) is 5.56 Å². The summed E-state index contributed by atoms with van der Waals surface area (Å²) in [7, 11) is 0. The third-order valence-electron chi connectivity index (χ3n) is 2.40. The van der Waals surface area contributed by atoms with E-state index >= 15 is 0 Å². The first-order valence-corrected chi connectivity index (χ1v) is 6.14. The predicted octanol–water partition coefficient (Wildman–Crippen LogP) is 2.16. The number of thiophene rings is 1.